The van der Waals surface area contributed by atoms with Crippen molar-refractivity contribution in [1.29, 1.82) is 0 Å². The van der Waals surface area contributed by atoms with E-state index in [9.17, 15) is 0 Å². The topological polar surface area (TPSA) is 42.4 Å². The summed E-state index contributed by atoms with van der Waals surface area (Å²) in [6.45, 7) is 6.55. The number of rotatable bonds is 5. The van der Waals surface area contributed by atoms with E-state index < -0.39 is 0 Å². The van der Waals surface area contributed by atoms with E-state index in [2.05, 4.69) is 43.0 Å². The van der Waals surface area contributed by atoms with Gasteiger partial charge < -0.3 is 15.1 Å². The number of furan rings is 1. The lowest BCUT2D eigenvalue weighted by atomic mass is 10.1. The predicted octanol–water partition coefficient (Wildman–Crippen LogP) is 3.07. The molecule has 2 aromatic rings. The molecule has 18 heavy (non-hydrogen) atoms. The van der Waals surface area contributed by atoms with Crippen molar-refractivity contribution in [3.05, 3.63) is 53.5 Å². The van der Waals surface area contributed by atoms with E-state index in [4.69, 9.17) is 10.2 Å². The minimum Gasteiger partial charge on any atom is -0.468 e. The molecule has 0 radical (unpaired) electrons. The molecular weight excluding hydrogens is 224 g/mol. The third-order valence-corrected chi connectivity index (χ3v) is 3.22. The summed E-state index contributed by atoms with van der Waals surface area (Å²) in [7, 11) is 0. The van der Waals surface area contributed by atoms with Crippen LogP contribution in [0, 0.1) is 6.92 Å². The second-order valence-corrected chi connectivity index (χ2v) is 4.37. The molecule has 0 atom stereocenters. The van der Waals surface area contributed by atoms with E-state index in [1.807, 2.05) is 6.07 Å². The Bertz CT molecular complexity index is 505. The largest absolute Gasteiger partial charge is 0.468 e. The van der Waals surface area contributed by atoms with E-state index in [0.29, 0.717) is 6.54 Å². The first-order chi connectivity index (χ1) is 8.76. The highest BCUT2D eigenvalue weighted by Crippen LogP contribution is 2.22. The molecule has 0 unspecified atom stereocenters. The van der Waals surface area contributed by atoms with Crippen LogP contribution in [-0.4, -0.2) is 6.54 Å². The highest BCUT2D eigenvalue weighted by Gasteiger charge is 2.11. The van der Waals surface area contributed by atoms with Crippen molar-refractivity contribution >= 4 is 5.69 Å². The van der Waals surface area contributed by atoms with Crippen molar-refractivity contribution in [1.82, 2.24) is 0 Å². The Balaban J connectivity index is 2.23. The molecular formula is C15H20N2O. The second kappa shape index (κ2) is 5.74. The fraction of sp³-hybridized carbons (Fsp3) is 0.333. The lowest BCUT2D eigenvalue weighted by Gasteiger charge is -2.24. The molecule has 3 heteroatoms. The Morgan fingerprint density at radius 1 is 1.22 bits per heavy atom. The fourth-order valence-corrected chi connectivity index (χ4v) is 2.18. The number of benzene rings is 1. The van der Waals surface area contributed by atoms with Crippen LogP contribution in [-0.2, 0) is 13.1 Å². The van der Waals surface area contributed by atoms with Gasteiger partial charge in [-0.3, -0.25) is 0 Å². The number of hydrogen-bond acceptors (Lipinski definition) is 3. The average Bonchev–Trinajstić information content (AvgIpc) is 2.84. The predicted molar refractivity (Wildman–Crippen MR) is 74.5 cm³/mol. The summed E-state index contributed by atoms with van der Waals surface area (Å²) in [4.78, 5) is 2.33. The summed E-state index contributed by atoms with van der Waals surface area (Å²) in [6.07, 6.45) is 1.71. The Labute approximate surface area is 108 Å². The normalized spacial score (nSPS) is 10.6. The summed E-state index contributed by atoms with van der Waals surface area (Å²) in [5.41, 5.74) is 9.39. The first-order valence-corrected chi connectivity index (χ1v) is 6.32. The van der Waals surface area contributed by atoms with Gasteiger partial charge >= 0.3 is 0 Å². The molecule has 2 N–H and O–H groups in total. The molecule has 1 aromatic carbocycles. The molecule has 0 bridgehead atoms. The smallest absolute Gasteiger partial charge is 0.122 e. The van der Waals surface area contributed by atoms with Gasteiger partial charge in [0.25, 0.3) is 0 Å². The first kappa shape index (κ1) is 12.7. The van der Waals surface area contributed by atoms with Crippen LogP contribution in [0.1, 0.15) is 23.8 Å². The Morgan fingerprint density at radius 2 is 2.00 bits per heavy atom. The number of nitrogens with zero attached hydrogens (tertiary/aromatic N) is 1. The Hall–Kier alpha value is -1.74. The molecule has 0 amide bonds. The molecule has 2 rings (SSSR count). The molecule has 1 heterocycles. The number of anilines is 1. The molecule has 0 aliphatic carbocycles. The zero-order valence-corrected chi connectivity index (χ0v) is 11.0. The Kier molecular flexibility index (Phi) is 4.05. The third kappa shape index (κ3) is 2.57. The van der Waals surface area contributed by atoms with Crippen LogP contribution >= 0.6 is 0 Å². The fourth-order valence-electron chi connectivity index (χ4n) is 2.18. The van der Waals surface area contributed by atoms with Crippen LogP contribution in [0.5, 0.6) is 0 Å². The summed E-state index contributed by atoms with van der Waals surface area (Å²) < 4.78 is 5.37. The summed E-state index contributed by atoms with van der Waals surface area (Å²) in [5, 5.41) is 0. The van der Waals surface area contributed by atoms with Crippen molar-refractivity contribution in [2.75, 3.05) is 11.4 Å². The molecule has 0 aliphatic rings. The van der Waals surface area contributed by atoms with E-state index in [0.717, 1.165) is 18.8 Å². The molecule has 0 saturated carbocycles. The highest BCUT2D eigenvalue weighted by atomic mass is 16.3. The van der Waals surface area contributed by atoms with Gasteiger partial charge in [0.15, 0.2) is 0 Å². The van der Waals surface area contributed by atoms with Gasteiger partial charge in [-0.1, -0.05) is 18.2 Å². The van der Waals surface area contributed by atoms with E-state index in [1.165, 1.54) is 16.8 Å². The molecule has 96 valence electrons. The van der Waals surface area contributed by atoms with E-state index in [-0.39, 0.29) is 0 Å². The van der Waals surface area contributed by atoms with Gasteiger partial charge in [-0.25, -0.2) is 0 Å². The quantitative estimate of drug-likeness (QED) is 0.879. The number of para-hydroxylation sites is 1. The maximum Gasteiger partial charge on any atom is 0.122 e. The maximum atomic E-state index is 5.67. The standard InChI is InChI=1S/C15H20N2O/c1-3-17(14-7-5-4-6-12(14)2)11-13-8-9-18-15(13)10-16/h4-9H,3,10-11,16H2,1-2H3. The van der Waals surface area contributed by atoms with Crippen LogP contribution in [0.15, 0.2) is 41.0 Å². The lowest BCUT2D eigenvalue weighted by Crippen LogP contribution is -2.23. The molecule has 0 aliphatic heterocycles. The SMILES string of the molecule is CCN(Cc1ccoc1CN)c1ccccc1C. The minimum absolute atomic E-state index is 0.452. The summed E-state index contributed by atoms with van der Waals surface area (Å²) in [6, 6.07) is 10.4. The van der Waals surface area contributed by atoms with E-state index in [1.54, 1.807) is 6.26 Å². The van der Waals surface area contributed by atoms with Gasteiger partial charge in [0.05, 0.1) is 12.8 Å². The second-order valence-electron chi connectivity index (χ2n) is 4.37. The molecule has 1 aromatic heterocycles. The van der Waals surface area contributed by atoms with E-state index >= 15 is 0 Å². The van der Waals surface area contributed by atoms with Gasteiger partial charge in [-0.2, -0.15) is 0 Å². The van der Waals surface area contributed by atoms with Crippen molar-refractivity contribution < 1.29 is 4.42 Å². The van der Waals surface area contributed by atoms with Crippen molar-refractivity contribution in [2.24, 2.45) is 5.73 Å². The first-order valence-electron chi connectivity index (χ1n) is 6.32. The monoisotopic (exact) mass is 244 g/mol. The minimum atomic E-state index is 0.452. The van der Waals surface area contributed by atoms with Crippen LogP contribution in [0.2, 0.25) is 0 Å². The number of aryl methyl sites for hydroxylation is 1. The van der Waals surface area contributed by atoms with Crippen molar-refractivity contribution in [3.8, 4) is 0 Å². The zero-order valence-electron chi connectivity index (χ0n) is 11.0. The zero-order chi connectivity index (χ0) is 13.0. The van der Waals surface area contributed by atoms with Crippen LogP contribution in [0.3, 0.4) is 0 Å². The summed E-state index contributed by atoms with van der Waals surface area (Å²) >= 11 is 0. The van der Waals surface area contributed by atoms with Crippen LogP contribution in [0.4, 0.5) is 5.69 Å². The highest BCUT2D eigenvalue weighted by molar-refractivity contribution is 5.53. The number of nitrogens with two attached hydrogens (primary N) is 1. The maximum absolute atomic E-state index is 5.67. The van der Waals surface area contributed by atoms with Gasteiger partial charge in [0, 0.05) is 24.3 Å². The van der Waals surface area contributed by atoms with Crippen molar-refractivity contribution in [2.45, 2.75) is 26.9 Å². The van der Waals surface area contributed by atoms with Crippen LogP contribution in [0.25, 0.3) is 0 Å². The summed E-state index contributed by atoms with van der Waals surface area (Å²) in [5.74, 6) is 0.877. The van der Waals surface area contributed by atoms with Gasteiger partial charge in [0.2, 0.25) is 0 Å². The lowest BCUT2D eigenvalue weighted by molar-refractivity contribution is 0.506. The molecule has 3 nitrogen and oxygen atoms in total. The van der Waals surface area contributed by atoms with Crippen molar-refractivity contribution in [3.63, 3.8) is 0 Å². The molecule has 0 saturated heterocycles. The Morgan fingerprint density at radius 3 is 2.67 bits per heavy atom. The average molecular weight is 244 g/mol. The number of hydrogen-bond donors (Lipinski definition) is 1. The van der Waals surface area contributed by atoms with Gasteiger partial charge in [-0.05, 0) is 31.5 Å². The molecule has 0 spiro atoms. The van der Waals surface area contributed by atoms with Gasteiger partial charge in [0.1, 0.15) is 5.76 Å². The van der Waals surface area contributed by atoms with Gasteiger partial charge in [-0.15, -0.1) is 0 Å². The molecule has 0 fully saturated rings. The third-order valence-electron chi connectivity index (χ3n) is 3.22. The van der Waals surface area contributed by atoms with Crippen LogP contribution < -0.4 is 10.6 Å².